The summed E-state index contributed by atoms with van der Waals surface area (Å²) >= 11 is 0. The van der Waals surface area contributed by atoms with E-state index < -0.39 is 6.10 Å². The average molecular weight is 406 g/mol. The zero-order chi connectivity index (χ0) is 20.6. The molecule has 1 amide bonds. The molecule has 29 heavy (non-hydrogen) atoms. The normalized spacial score (nSPS) is 24.8. The van der Waals surface area contributed by atoms with Crippen molar-refractivity contribution in [1.29, 1.82) is 0 Å². The van der Waals surface area contributed by atoms with Crippen LogP contribution in [-0.4, -0.2) is 92.6 Å². The van der Waals surface area contributed by atoms with Gasteiger partial charge >= 0.3 is 0 Å². The van der Waals surface area contributed by atoms with E-state index in [1.54, 1.807) is 31.4 Å². The molecule has 1 aromatic rings. The van der Waals surface area contributed by atoms with Gasteiger partial charge in [0.15, 0.2) is 0 Å². The van der Waals surface area contributed by atoms with Crippen LogP contribution in [0.2, 0.25) is 0 Å². The number of rotatable bonds is 7. The molecule has 2 aliphatic heterocycles. The van der Waals surface area contributed by atoms with Gasteiger partial charge in [-0.05, 0) is 76.6 Å². The summed E-state index contributed by atoms with van der Waals surface area (Å²) in [5.74, 6) is 0.560. The fourth-order valence-corrected chi connectivity index (χ4v) is 4.20. The van der Waals surface area contributed by atoms with Crippen molar-refractivity contribution >= 4 is 5.91 Å². The number of piperidine rings is 1. The van der Waals surface area contributed by atoms with E-state index in [0.29, 0.717) is 37.1 Å². The molecule has 0 spiro atoms. The lowest BCUT2D eigenvalue weighted by molar-refractivity contribution is 0.0723. The third kappa shape index (κ3) is 6.40. The Bertz CT molecular complexity index is 631. The van der Waals surface area contributed by atoms with E-state index in [1.807, 2.05) is 0 Å². The summed E-state index contributed by atoms with van der Waals surface area (Å²) in [7, 11) is 3.80. The maximum absolute atomic E-state index is 12.8. The molecule has 0 saturated carbocycles. The second kappa shape index (κ2) is 10.9. The third-order valence-electron chi connectivity index (χ3n) is 6.03. The van der Waals surface area contributed by atoms with Crippen LogP contribution in [-0.2, 0) is 4.74 Å². The van der Waals surface area contributed by atoms with Crippen LogP contribution in [0.1, 0.15) is 36.0 Å². The van der Waals surface area contributed by atoms with Gasteiger partial charge in [-0.2, -0.15) is 0 Å². The van der Waals surface area contributed by atoms with Gasteiger partial charge < -0.3 is 24.8 Å². The van der Waals surface area contributed by atoms with Crippen LogP contribution in [0, 0.1) is 0 Å². The van der Waals surface area contributed by atoms with Gasteiger partial charge in [0.25, 0.3) is 5.91 Å². The van der Waals surface area contributed by atoms with Gasteiger partial charge in [-0.25, -0.2) is 0 Å². The zero-order valence-corrected chi connectivity index (χ0v) is 17.7. The van der Waals surface area contributed by atoms with Crippen molar-refractivity contribution in [1.82, 2.24) is 15.1 Å². The van der Waals surface area contributed by atoms with Crippen LogP contribution >= 0.6 is 0 Å². The summed E-state index contributed by atoms with van der Waals surface area (Å²) in [4.78, 5) is 17.6. The van der Waals surface area contributed by atoms with E-state index in [-0.39, 0.29) is 11.9 Å². The average Bonchev–Trinajstić information content (AvgIpc) is 2.91. The summed E-state index contributed by atoms with van der Waals surface area (Å²) in [6.07, 6.45) is 3.48. The summed E-state index contributed by atoms with van der Waals surface area (Å²) in [6, 6.07) is 7.39. The smallest absolute Gasteiger partial charge is 0.251 e. The molecule has 2 saturated heterocycles. The number of nitrogens with zero attached hydrogens (tertiary/aromatic N) is 2. The van der Waals surface area contributed by atoms with E-state index in [2.05, 4.69) is 22.2 Å². The highest BCUT2D eigenvalue weighted by atomic mass is 16.5. The highest BCUT2D eigenvalue weighted by Crippen LogP contribution is 2.21. The molecule has 2 atom stereocenters. The van der Waals surface area contributed by atoms with Gasteiger partial charge in [-0.3, -0.25) is 9.69 Å². The molecule has 7 heteroatoms. The van der Waals surface area contributed by atoms with Crippen LogP contribution in [0.4, 0.5) is 0 Å². The van der Waals surface area contributed by atoms with Gasteiger partial charge in [0.1, 0.15) is 12.4 Å². The minimum Gasteiger partial charge on any atom is -0.491 e. The quantitative estimate of drug-likeness (QED) is 0.668. The topological polar surface area (TPSA) is 74.3 Å². The van der Waals surface area contributed by atoms with E-state index >= 15 is 0 Å². The minimum atomic E-state index is -0.508. The second-order valence-electron chi connectivity index (χ2n) is 8.18. The van der Waals surface area contributed by atoms with Crippen LogP contribution < -0.4 is 10.1 Å². The first-order valence-corrected chi connectivity index (χ1v) is 10.7. The predicted octanol–water partition coefficient (Wildman–Crippen LogP) is 1.36. The first-order chi connectivity index (χ1) is 14.1. The molecule has 1 aromatic carbocycles. The number of nitrogens with one attached hydrogen (secondary N) is 1. The van der Waals surface area contributed by atoms with Gasteiger partial charge in [-0.15, -0.1) is 0 Å². The van der Waals surface area contributed by atoms with Crippen molar-refractivity contribution in [3.05, 3.63) is 29.8 Å². The lowest BCUT2D eigenvalue weighted by Crippen LogP contribution is -2.52. The number of methoxy groups -OCH3 is 1. The molecule has 0 radical (unpaired) electrons. The van der Waals surface area contributed by atoms with Crippen molar-refractivity contribution in [3.8, 4) is 5.75 Å². The number of carbonyl (C=O) groups is 1. The van der Waals surface area contributed by atoms with Gasteiger partial charge in [0, 0.05) is 25.3 Å². The van der Waals surface area contributed by atoms with Crippen molar-refractivity contribution in [3.63, 3.8) is 0 Å². The fourth-order valence-electron chi connectivity index (χ4n) is 4.20. The lowest BCUT2D eigenvalue weighted by Gasteiger charge is -2.38. The second-order valence-corrected chi connectivity index (χ2v) is 8.18. The number of carbonyl (C=O) groups excluding carboxylic acids is 1. The largest absolute Gasteiger partial charge is 0.491 e. The number of ether oxygens (including phenoxy) is 2. The maximum atomic E-state index is 12.8. The summed E-state index contributed by atoms with van der Waals surface area (Å²) in [5.41, 5.74) is 0.575. The molecular formula is C22H35N3O4. The van der Waals surface area contributed by atoms with Crippen LogP contribution in [0.25, 0.3) is 0 Å². The van der Waals surface area contributed by atoms with E-state index in [0.717, 1.165) is 45.3 Å². The molecule has 2 aliphatic rings. The fraction of sp³-hybridized carbons (Fsp3) is 0.682. The number of aliphatic hydroxyl groups is 1. The highest BCUT2D eigenvalue weighted by Gasteiger charge is 2.31. The Morgan fingerprint density at radius 2 is 1.86 bits per heavy atom. The van der Waals surface area contributed by atoms with Gasteiger partial charge in [-0.1, -0.05) is 0 Å². The molecule has 2 unspecified atom stereocenters. The summed E-state index contributed by atoms with van der Waals surface area (Å²) in [6.45, 7) is 4.92. The number of aliphatic hydroxyl groups excluding tert-OH is 1. The third-order valence-corrected chi connectivity index (χ3v) is 6.03. The number of benzene rings is 1. The summed E-state index contributed by atoms with van der Waals surface area (Å²) in [5, 5.41) is 13.7. The van der Waals surface area contributed by atoms with Crippen molar-refractivity contribution in [2.45, 2.75) is 43.9 Å². The first-order valence-electron chi connectivity index (χ1n) is 10.7. The van der Waals surface area contributed by atoms with E-state index in [4.69, 9.17) is 9.47 Å². The first kappa shape index (κ1) is 22.0. The number of amides is 1. The highest BCUT2D eigenvalue weighted by molar-refractivity contribution is 5.94. The molecule has 2 heterocycles. The molecule has 0 aliphatic carbocycles. The van der Waals surface area contributed by atoms with Crippen molar-refractivity contribution in [2.24, 2.45) is 0 Å². The van der Waals surface area contributed by atoms with Crippen LogP contribution in [0.15, 0.2) is 24.3 Å². The Hall–Kier alpha value is -1.67. The number of hydrogen-bond donors (Lipinski definition) is 2. The lowest BCUT2D eigenvalue weighted by atomic mass is 10.0. The van der Waals surface area contributed by atoms with Crippen molar-refractivity contribution in [2.75, 3.05) is 53.6 Å². The van der Waals surface area contributed by atoms with E-state index in [9.17, 15) is 9.90 Å². The number of likely N-dealkylation sites (tertiary alicyclic amines) is 2. The SMILES string of the molecule is COCCOc1ccc(C(=O)NC2CN(C3CCN(C)CC3)CCCC2O)cc1. The molecule has 2 N–H and O–H groups in total. The predicted molar refractivity (Wildman–Crippen MR) is 112 cm³/mol. The Balaban J connectivity index is 1.57. The molecule has 7 nitrogen and oxygen atoms in total. The van der Waals surface area contributed by atoms with Crippen LogP contribution in [0.5, 0.6) is 5.75 Å². The monoisotopic (exact) mass is 405 g/mol. The molecule has 0 aromatic heterocycles. The maximum Gasteiger partial charge on any atom is 0.251 e. The van der Waals surface area contributed by atoms with Crippen molar-refractivity contribution < 1.29 is 19.4 Å². The van der Waals surface area contributed by atoms with Gasteiger partial charge in [0.2, 0.25) is 0 Å². The Labute approximate surface area is 174 Å². The Morgan fingerprint density at radius 3 is 2.55 bits per heavy atom. The summed E-state index contributed by atoms with van der Waals surface area (Å²) < 4.78 is 10.5. The van der Waals surface area contributed by atoms with Gasteiger partial charge in [0.05, 0.1) is 18.8 Å². The Morgan fingerprint density at radius 1 is 1.14 bits per heavy atom. The molecule has 162 valence electrons. The minimum absolute atomic E-state index is 0.150. The standard InChI is InChI=1S/C22H35N3O4/c1-24-12-9-18(10-13-24)25-11-3-4-21(26)20(16-25)23-22(27)17-5-7-19(8-6-17)29-15-14-28-2/h5-8,18,20-21,26H,3-4,9-16H2,1-2H3,(H,23,27). The molecular weight excluding hydrogens is 370 g/mol. The van der Waals surface area contributed by atoms with E-state index in [1.165, 1.54) is 0 Å². The zero-order valence-electron chi connectivity index (χ0n) is 17.7. The number of hydrogen-bond acceptors (Lipinski definition) is 6. The van der Waals surface area contributed by atoms with Crippen LogP contribution in [0.3, 0.4) is 0 Å². The molecule has 0 bridgehead atoms. The Kier molecular flexibility index (Phi) is 8.29. The molecule has 2 fully saturated rings. The molecule has 3 rings (SSSR count).